The molecule has 0 aliphatic carbocycles. The van der Waals surface area contributed by atoms with E-state index in [2.05, 4.69) is 17.4 Å². The van der Waals surface area contributed by atoms with Crippen LogP contribution in [0.2, 0.25) is 0 Å². The SMILES string of the molecule is CC(C)(C)OC(=O)N[C@H](/C=C/[C@@H](N)Cc1ccccc1)Cc1ccccc1. The first-order chi connectivity index (χ1) is 12.8. The van der Waals surface area contributed by atoms with Gasteiger partial charge in [0.1, 0.15) is 5.60 Å². The summed E-state index contributed by atoms with van der Waals surface area (Å²) in [6.07, 6.45) is 4.92. The first kappa shape index (κ1) is 20.7. The Kier molecular flexibility index (Phi) is 7.62. The minimum absolute atomic E-state index is 0.119. The number of alkyl carbamates (subject to hydrolysis) is 1. The summed E-state index contributed by atoms with van der Waals surface area (Å²) in [6.45, 7) is 5.55. The number of hydrogen-bond acceptors (Lipinski definition) is 3. The van der Waals surface area contributed by atoms with Crippen molar-refractivity contribution in [3.63, 3.8) is 0 Å². The number of nitrogens with one attached hydrogen (secondary N) is 1. The minimum atomic E-state index is -0.533. The molecule has 4 nitrogen and oxygen atoms in total. The molecule has 0 aliphatic heterocycles. The van der Waals surface area contributed by atoms with Gasteiger partial charge in [0.15, 0.2) is 0 Å². The third-order valence-electron chi connectivity index (χ3n) is 3.91. The van der Waals surface area contributed by atoms with Crippen LogP contribution >= 0.6 is 0 Å². The predicted molar refractivity (Wildman–Crippen MR) is 111 cm³/mol. The Morgan fingerprint density at radius 3 is 2.00 bits per heavy atom. The zero-order chi connectivity index (χ0) is 19.7. The molecule has 0 aromatic heterocycles. The van der Waals surface area contributed by atoms with Crippen molar-refractivity contribution in [2.75, 3.05) is 0 Å². The van der Waals surface area contributed by atoms with Crippen LogP contribution < -0.4 is 11.1 Å². The third kappa shape index (κ3) is 8.56. The summed E-state index contributed by atoms with van der Waals surface area (Å²) in [6, 6.07) is 19.9. The molecule has 0 aliphatic rings. The van der Waals surface area contributed by atoms with Crippen LogP contribution in [0.25, 0.3) is 0 Å². The fourth-order valence-electron chi connectivity index (χ4n) is 2.73. The van der Waals surface area contributed by atoms with Crippen LogP contribution in [0, 0.1) is 0 Å². The standard InChI is InChI=1S/C23H30N2O2/c1-23(2,3)27-22(26)25-21(17-19-12-8-5-9-13-19)15-14-20(24)16-18-10-6-4-7-11-18/h4-15,20-21H,16-17,24H2,1-3H3,(H,25,26)/b15-14+/t20-,21-/m1/s1. The van der Waals surface area contributed by atoms with Gasteiger partial charge in [-0.3, -0.25) is 0 Å². The first-order valence-corrected chi connectivity index (χ1v) is 9.33. The molecule has 0 fully saturated rings. The lowest BCUT2D eigenvalue weighted by molar-refractivity contribution is 0.0514. The van der Waals surface area contributed by atoms with E-state index < -0.39 is 11.7 Å². The summed E-state index contributed by atoms with van der Waals surface area (Å²) in [4.78, 5) is 12.2. The molecule has 2 rings (SSSR count). The molecule has 0 radical (unpaired) electrons. The lowest BCUT2D eigenvalue weighted by Crippen LogP contribution is -2.39. The van der Waals surface area contributed by atoms with Gasteiger partial charge < -0.3 is 15.8 Å². The van der Waals surface area contributed by atoms with Crippen molar-refractivity contribution < 1.29 is 9.53 Å². The topological polar surface area (TPSA) is 64.3 Å². The van der Waals surface area contributed by atoms with Crippen molar-refractivity contribution >= 4 is 6.09 Å². The highest BCUT2D eigenvalue weighted by Crippen LogP contribution is 2.10. The zero-order valence-electron chi connectivity index (χ0n) is 16.4. The van der Waals surface area contributed by atoms with Crippen LogP contribution in [-0.4, -0.2) is 23.8 Å². The molecular weight excluding hydrogens is 336 g/mol. The molecule has 144 valence electrons. The molecule has 0 spiro atoms. The molecule has 2 aromatic carbocycles. The van der Waals surface area contributed by atoms with Gasteiger partial charge in [-0.15, -0.1) is 0 Å². The molecule has 0 bridgehead atoms. The second kappa shape index (κ2) is 9.93. The Morgan fingerprint density at radius 1 is 0.963 bits per heavy atom. The van der Waals surface area contributed by atoms with E-state index >= 15 is 0 Å². The number of amides is 1. The maximum atomic E-state index is 12.2. The van der Waals surface area contributed by atoms with Gasteiger partial charge in [0.2, 0.25) is 0 Å². The Balaban J connectivity index is 2.02. The first-order valence-electron chi connectivity index (χ1n) is 9.33. The smallest absolute Gasteiger partial charge is 0.408 e. The second-order valence-electron chi connectivity index (χ2n) is 7.68. The van der Waals surface area contributed by atoms with E-state index in [1.54, 1.807) is 0 Å². The van der Waals surface area contributed by atoms with Crippen LogP contribution in [0.5, 0.6) is 0 Å². The normalized spacial score (nSPS) is 13.9. The van der Waals surface area contributed by atoms with Crippen LogP contribution in [0.1, 0.15) is 31.9 Å². The van der Waals surface area contributed by atoms with Gasteiger partial charge in [-0.25, -0.2) is 4.79 Å². The summed E-state index contributed by atoms with van der Waals surface area (Å²) < 4.78 is 5.39. The van der Waals surface area contributed by atoms with Crippen molar-refractivity contribution in [1.29, 1.82) is 0 Å². The lowest BCUT2D eigenvalue weighted by atomic mass is 10.0. The van der Waals surface area contributed by atoms with Crippen LogP contribution in [0.15, 0.2) is 72.8 Å². The van der Waals surface area contributed by atoms with Gasteiger partial charge in [-0.05, 0) is 44.7 Å². The van der Waals surface area contributed by atoms with E-state index in [1.807, 2.05) is 81.5 Å². The summed E-state index contributed by atoms with van der Waals surface area (Å²) in [5.41, 5.74) is 8.04. The Hall–Kier alpha value is -2.59. The van der Waals surface area contributed by atoms with Crippen LogP contribution in [0.3, 0.4) is 0 Å². The number of carbonyl (C=O) groups excluding carboxylic acids is 1. The number of carbonyl (C=O) groups is 1. The molecule has 0 saturated carbocycles. The van der Waals surface area contributed by atoms with Crippen molar-refractivity contribution in [2.24, 2.45) is 5.73 Å². The summed E-state index contributed by atoms with van der Waals surface area (Å²) >= 11 is 0. The fourth-order valence-corrected chi connectivity index (χ4v) is 2.73. The average molecular weight is 367 g/mol. The van der Waals surface area contributed by atoms with Crippen molar-refractivity contribution in [2.45, 2.75) is 51.3 Å². The largest absolute Gasteiger partial charge is 0.444 e. The highest BCUT2D eigenvalue weighted by Gasteiger charge is 2.18. The average Bonchev–Trinajstić information content (AvgIpc) is 2.60. The van der Waals surface area contributed by atoms with E-state index in [0.717, 1.165) is 12.0 Å². The van der Waals surface area contributed by atoms with Gasteiger partial charge >= 0.3 is 6.09 Å². The Labute approximate surface area is 162 Å². The van der Waals surface area contributed by atoms with Crippen molar-refractivity contribution in [1.82, 2.24) is 5.32 Å². The van der Waals surface area contributed by atoms with Gasteiger partial charge in [0.05, 0.1) is 6.04 Å². The molecule has 2 aromatic rings. The van der Waals surface area contributed by atoms with Crippen molar-refractivity contribution in [3.8, 4) is 0 Å². The molecule has 0 heterocycles. The Bertz CT molecular complexity index is 721. The van der Waals surface area contributed by atoms with E-state index in [0.29, 0.717) is 6.42 Å². The number of nitrogens with two attached hydrogens (primary N) is 1. The molecule has 27 heavy (non-hydrogen) atoms. The number of benzene rings is 2. The highest BCUT2D eigenvalue weighted by atomic mass is 16.6. The predicted octanol–water partition coefficient (Wildman–Crippen LogP) is 4.25. The van der Waals surface area contributed by atoms with Gasteiger partial charge in [0, 0.05) is 6.04 Å². The summed E-state index contributed by atoms with van der Waals surface area (Å²) in [5, 5.41) is 2.94. The molecule has 4 heteroatoms. The van der Waals surface area contributed by atoms with Gasteiger partial charge in [0.25, 0.3) is 0 Å². The summed E-state index contributed by atoms with van der Waals surface area (Å²) in [7, 11) is 0. The van der Waals surface area contributed by atoms with Crippen molar-refractivity contribution in [3.05, 3.63) is 83.9 Å². The number of ether oxygens (including phenoxy) is 1. The third-order valence-corrected chi connectivity index (χ3v) is 3.91. The van der Waals surface area contributed by atoms with Gasteiger partial charge in [-0.1, -0.05) is 72.8 Å². The Morgan fingerprint density at radius 2 is 1.48 bits per heavy atom. The van der Waals surface area contributed by atoms with Crippen LogP contribution in [-0.2, 0) is 17.6 Å². The molecule has 0 saturated heterocycles. The van der Waals surface area contributed by atoms with Crippen LogP contribution in [0.4, 0.5) is 4.79 Å². The fraction of sp³-hybridized carbons (Fsp3) is 0.348. The van der Waals surface area contributed by atoms with E-state index in [4.69, 9.17) is 10.5 Å². The maximum Gasteiger partial charge on any atom is 0.408 e. The maximum absolute atomic E-state index is 12.2. The molecule has 3 N–H and O–H groups in total. The highest BCUT2D eigenvalue weighted by molar-refractivity contribution is 5.68. The zero-order valence-corrected chi connectivity index (χ0v) is 16.4. The quantitative estimate of drug-likeness (QED) is 0.720. The number of rotatable bonds is 7. The number of hydrogen-bond donors (Lipinski definition) is 2. The molecule has 1 amide bonds. The molecular formula is C23H30N2O2. The monoisotopic (exact) mass is 366 g/mol. The summed E-state index contributed by atoms with van der Waals surface area (Å²) in [5.74, 6) is 0. The minimum Gasteiger partial charge on any atom is -0.444 e. The molecule has 0 unspecified atom stereocenters. The van der Waals surface area contributed by atoms with Gasteiger partial charge in [-0.2, -0.15) is 0 Å². The van der Waals surface area contributed by atoms with E-state index in [1.165, 1.54) is 5.56 Å². The molecule has 2 atom stereocenters. The van der Waals surface area contributed by atoms with E-state index in [-0.39, 0.29) is 12.1 Å². The second-order valence-corrected chi connectivity index (χ2v) is 7.68. The lowest BCUT2D eigenvalue weighted by Gasteiger charge is -2.22. The van der Waals surface area contributed by atoms with E-state index in [9.17, 15) is 4.79 Å².